The van der Waals surface area contributed by atoms with Crippen LogP contribution < -0.4 is 10.5 Å². The van der Waals surface area contributed by atoms with Crippen LogP contribution in [0.2, 0.25) is 0 Å². The van der Waals surface area contributed by atoms with Crippen molar-refractivity contribution in [2.75, 3.05) is 6.61 Å². The molecule has 2 aromatic rings. The van der Waals surface area contributed by atoms with Gasteiger partial charge >= 0.3 is 0 Å². The molecule has 1 unspecified atom stereocenters. The van der Waals surface area contributed by atoms with Gasteiger partial charge in [-0.1, -0.05) is 36.4 Å². The van der Waals surface area contributed by atoms with Crippen LogP contribution in [0.1, 0.15) is 31.0 Å². The molecule has 2 rings (SSSR count). The molecule has 2 aromatic carbocycles. The minimum Gasteiger partial charge on any atom is -0.487 e. The maximum absolute atomic E-state index is 13.9. The summed E-state index contributed by atoms with van der Waals surface area (Å²) >= 11 is 0. The molecule has 0 aliphatic rings. The number of aliphatic hydroxyl groups is 1. The molecule has 0 heterocycles. The summed E-state index contributed by atoms with van der Waals surface area (Å²) < 4.78 is 19.4. The first kappa shape index (κ1) is 15.5. The van der Waals surface area contributed by atoms with Crippen molar-refractivity contribution < 1.29 is 14.2 Å². The maximum Gasteiger partial charge on any atom is 0.165 e. The van der Waals surface area contributed by atoms with E-state index in [4.69, 9.17) is 10.5 Å². The molecule has 0 aliphatic carbocycles. The molecule has 0 amide bonds. The van der Waals surface area contributed by atoms with E-state index in [1.54, 1.807) is 32.0 Å². The standard InChI is InChI=1S/C17H20FNO2/c1-12(19)13-8-9-16(15(18)10-13)21-11-17(2,20)14-6-4-3-5-7-14/h3-10,12,20H,11,19H2,1-2H3/t12-,17?/m1/s1. The minimum atomic E-state index is -1.19. The number of nitrogens with two attached hydrogens (primary N) is 1. The molecular weight excluding hydrogens is 269 g/mol. The summed E-state index contributed by atoms with van der Waals surface area (Å²) in [5.41, 5.74) is 5.94. The summed E-state index contributed by atoms with van der Waals surface area (Å²) in [6.45, 7) is 3.39. The summed E-state index contributed by atoms with van der Waals surface area (Å²) in [5.74, 6) is -0.371. The summed E-state index contributed by atoms with van der Waals surface area (Å²) in [6.07, 6.45) is 0. The molecule has 0 bridgehead atoms. The zero-order valence-electron chi connectivity index (χ0n) is 12.2. The van der Waals surface area contributed by atoms with E-state index in [1.165, 1.54) is 12.1 Å². The average Bonchev–Trinajstić information content (AvgIpc) is 2.46. The summed E-state index contributed by atoms with van der Waals surface area (Å²) in [4.78, 5) is 0. The predicted molar refractivity (Wildman–Crippen MR) is 80.5 cm³/mol. The second kappa shape index (κ2) is 6.24. The van der Waals surface area contributed by atoms with Crippen LogP contribution >= 0.6 is 0 Å². The lowest BCUT2D eigenvalue weighted by Gasteiger charge is -2.24. The third kappa shape index (κ3) is 3.80. The minimum absolute atomic E-state index is 0.0363. The molecule has 0 saturated carbocycles. The fraction of sp³-hybridized carbons (Fsp3) is 0.294. The van der Waals surface area contributed by atoms with Gasteiger partial charge < -0.3 is 15.6 Å². The fourth-order valence-corrected chi connectivity index (χ4v) is 2.02. The number of halogens is 1. The van der Waals surface area contributed by atoms with E-state index in [2.05, 4.69) is 0 Å². The zero-order valence-corrected chi connectivity index (χ0v) is 12.2. The second-order valence-electron chi connectivity index (χ2n) is 5.41. The molecule has 0 aromatic heterocycles. The molecular formula is C17H20FNO2. The highest BCUT2D eigenvalue weighted by Crippen LogP contribution is 2.25. The van der Waals surface area contributed by atoms with Crippen molar-refractivity contribution in [3.8, 4) is 5.75 Å². The monoisotopic (exact) mass is 289 g/mol. The number of hydrogen-bond donors (Lipinski definition) is 2. The van der Waals surface area contributed by atoms with Gasteiger partial charge in [0.15, 0.2) is 11.6 Å². The lowest BCUT2D eigenvalue weighted by Crippen LogP contribution is -2.29. The van der Waals surface area contributed by atoms with Crippen LogP contribution in [-0.2, 0) is 5.60 Å². The van der Waals surface area contributed by atoms with Crippen LogP contribution in [0.5, 0.6) is 5.75 Å². The first-order valence-corrected chi connectivity index (χ1v) is 6.86. The van der Waals surface area contributed by atoms with Crippen LogP contribution in [0.4, 0.5) is 4.39 Å². The third-order valence-electron chi connectivity index (χ3n) is 3.39. The molecule has 21 heavy (non-hydrogen) atoms. The first-order valence-electron chi connectivity index (χ1n) is 6.86. The normalized spacial score (nSPS) is 15.3. The first-order chi connectivity index (χ1) is 9.90. The van der Waals surface area contributed by atoms with Crippen LogP contribution in [0.15, 0.2) is 48.5 Å². The molecule has 0 fully saturated rings. The predicted octanol–water partition coefficient (Wildman–Crippen LogP) is 3.13. The molecule has 0 aliphatic heterocycles. The molecule has 4 heteroatoms. The van der Waals surface area contributed by atoms with E-state index < -0.39 is 11.4 Å². The van der Waals surface area contributed by atoms with Crippen molar-refractivity contribution in [2.24, 2.45) is 5.73 Å². The van der Waals surface area contributed by atoms with Crippen molar-refractivity contribution in [3.05, 3.63) is 65.5 Å². The molecule has 112 valence electrons. The Kier molecular flexibility index (Phi) is 4.60. The zero-order chi connectivity index (χ0) is 15.5. The Labute approximate surface area is 124 Å². The average molecular weight is 289 g/mol. The molecule has 3 N–H and O–H groups in total. The molecule has 0 radical (unpaired) electrons. The van der Waals surface area contributed by atoms with Gasteiger partial charge in [0.1, 0.15) is 12.2 Å². The molecule has 0 saturated heterocycles. The largest absolute Gasteiger partial charge is 0.487 e. The number of rotatable bonds is 5. The topological polar surface area (TPSA) is 55.5 Å². The Morgan fingerprint density at radius 3 is 2.48 bits per heavy atom. The van der Waals surface area contributed by atoms with Crippen LogP contribution in [0.3, 0.4) is 0 Å². The lowest BCUT2D eigenvalue weighted by molar-refractivity contribution is 0.00642. The van der Waals surface area contributed by atoms with Gasteiger partial charge in [0.25, 0.3) is 0 Å². The molecule has 3 nitrogen and oxygen atoms in total. The van der Waals surface area contributed by atoms with Gasteiger partial charge in [-0.05, 0) is 37.1 Å². The van der Waals surface area contributed by atoms with E-state index in [9.17, 15) is 9.50 Å². The van der Waals surface area contributed by atoms with Crippen molar-refractivity contribution in [1.82, 2.24) is 0 Å². The highest BCUT2D eigenvalue weighted by atomic mass is 19.1. The lowest BCUT2D eigenvalue weighted by atomic mass is 9.97. The summed E-state index contributed by atoms with van der Waals surface area (Å²) in [5, 5.41) is 10.4. The van der Waals surface area contributed by atoms with Gasteiger partial charge in [-0.15, -0.1) is 0 Å². The molecule has 0 spiro atoms. The van der Waals surface area contributed by atoms with Crippen LogP contribution in [-0.4, -0.2) is 11.7 Å². The Bertz CT molecular complexity index is 597. The maximum atomic E-state index is 13.9. The van der Waals surface area contributed by atoms with Crippen molar-refractivity contribution >= 4 is 0 Å². The van der Waals surface area contributed by atoms with E-state index in [1.807, 2.05) is 18.2 Å². The summed E-state index contributed by atoms with van der Waals surface area (Å²) in [6, 6.07) is 13.5. The van der Waals surface area contributed by atoms with Gasteiger partial charge in [-0.3, -0.25) is 0 Å². The Morgan fingerprint density at radius 1 is 1.24 bits per heavy atom. The van der Waals surface area contributed by atoms with Gasteiger partial charge in [0, 0.05) is 6.04 Å². The van der Waals surface area contributed by atoms with Gasteiger partial charge in [-0.2, -0.15) is 0 Å². The Balaban J connectivity index is 2.09. The fourth-order valence-electron chi connectivity index (χ4n) is 2.02. The van der Waals surface area contributed by atoms with Gasteiger partial charge in [0.05, 0.1) is 0 Å². The van der Waals surface area contributed by atoms with Gasteiger partial charge in [-0.25, -0.2) is 4.39 Å². The van der Waals surface area contributed by atoms with E-state index in [-0.39, 0.29) is 18.4 Å². The summed E-state index contributed by atoms with van der Waals surface area (Å²) in [7, 11) is 0. The van der Waals surface area contributed by atoms with Crippen molar-refractivity contribution in [2.45, 2.75) is 25.5 Å². The quantitative estimate of drug-likeness (QED) is 0.889. The van der Waals surface area contributed by atoms with E-state index in [0.29, 0.717) is 5.56 Å². The van der Waals surface area contributed by atoms with Crippen molar-refractivity contribution in [1.29, 1.82) is 0 Å². The Morgan fingerprint density at radius 2 is 1.90 bits per heavy atom. The van der Waals surface area contributed by atoms with Gasteiger partial charge in [0.2, 0.25) is 0 Å². The smallest absolute Gasteiger partial charge is 0.165 e. The van der Waals surface area contributed by atoms with E-state index in [0.717, 1.165) is 5.56 Å². The van der Waals surface area contributed by atoms with Crippen LogP contribution in [0.25, 0.3) is 0 Å². The third-order valence-corrected chi connectivity index (χ3v) is 3.39. The number of ether oxygens (including phenoxy) is 1. The SMILES string of the molecule is C[C@@H](N)c1ccc(OCC(C)(O)c2ccccc2)c(F)c1. The second-order valence-corrected chi connectivity index (χ2v) is 5.41. The number of hydrogen-bond acceptors (Lipinski definition) is 3. The van der Waals surface area contributed by atoms with Crippen molar-refractivity contribution in [3.63, 3.8) is 0 Å². The number of benzene rings is 2. The highest BCUT2D eigenvalue weighted by Gasteiger charge is 2.24. The molecule has 2 atom stereocenters. The van der Waals surface area contributed by atoms with E-state index >= 15 is 0 Å². The van der Waals surface area contributed by atoms with Crippen LogP contribution in [0, 0.1) is 5.82 Å². The highest BCUT2D eigenvalue weighted by molar-refractivity contribution is 5.31. The Hall–Kier alpha value is -1.91.